The topological polar surface area (TPSA) is 75.4 Å². The maximum Gasteiger partial charge on any atom is 0.228 e. The van der Waals surface area contributed by atoms with Crippen LogP contribution in [0, 0.1) is 19.8 Å². The molecule has 0 aliphatic carbocycles. The number of nitrogens with zero attached hydrogens (tertiary/aromatic N) is 5. The molecule has 5 rings (SSSR count). The van der Waals surface area contributed by atoms with Crippen LogP contribution in [-0.4, -0.2) is 45.1 Å². The van der Waals surface area contributed by atoms with E-state index in [2.05, 4.69) is 33.9 Å². The largest absolute Gasteiger partial charge is 0.361 e. The number of hydrogen-bond acceptors (Lipinski definition) is 6. The van der Waals surface area contributed by atoms with Crippen molar-refractivity contribution in [2.45, 2.75) is 59.0 Å². The van der Waals surface area contributed by atoms with E-state index in [1.165, 1.54) is 0 Å². The Bertz CT molecular complexity index is 827. The molecule has 2 aromatic rings. The third kappa shape index (κ3) is 3.19. The minimum atomic E-state index is 0.0131. The summed E-state index contributed by atoms with van der Waals surface area (Å²) in [5, 5.41) is 4.05. The highest BCUT2D eigenvalue weighted by Gasteiger charge is 2.41. The summed E-state index contributed by atoms with van der Waals surface area (Å²) in [6.45, 7) is 10.3. The first-order valence-electron chi connectivity index (χ1n) is 9.72. The lowest BCUT2D eigenvalue weighted by Gasteiger charge is -2.36. The van der Waals surface area contributed by atoms with E-state index in [4.69, 9.17) is 4.52 Å². The molecular formula is C20H27N5O2. The fourth-order valence-electron chi connectivity index (χ4n) is 4.32. The minimum Gasteiger partial charge on any atom is -0.361 e. The van der Waals surface area contributed by atoms with Gasteiger partial charge in [-0.05, 0) is 32.6 Å². The number of amides is 1. The van der Waals surface area contributed by atoms with Crippen LogP contribution in [0.2, 0.25) is 0 Å². The zero-order chi connectivity index (χ0) is 19.1. The first kappa shape index (κ1) is 17.9. The molecule has 2 bridgehead atoms. The van der Waals surface area contributed by atoms with Crippen LogP contribution in [0.5, 0.6) is 0 Å². The van der Waals surface area contributed by atoms with Gasteiger partial charge in [-0.15, -0.1) is 0 Å². The quantitative estimate of drug-likeness (QED) is 0.825. The van der Waals surface area contributed by atoms with Crippen molar-refractivity contribution >= 4 is 11.7 Å². The number of rotatable bonds is 4. The Morgan fingerprint density at radius 2 is 2.07 bits per heavy atom. The fourth-order valence-corrected chi connectivity index (χ4v) is 4.32. The number of fused-ring (bicyclic) bond motifs is 4. The van der Waals surface area contributed by atoms with E-state index in [1.807, 2.05) is 24.9 Å². The van der Waals surface area contributed by atoms with E-state index >= 15 is 0 Å². The molecule has 3 fully saturated rings. The molecule has 0 radical (unpaired) electrons. The summed E-state index contributed by atoms with van der Waals surface area (Å²) in [7, 11) is 0. The summed E-state index contributed by atoms with van der Waals surface area (Å²) in [6.07, 6.45) is 5.49. The Balaban J connectivity index is 1.63. The number of anilines is 1. The van der Waals surface area contributed by atoms with Crippen molar-refractivity contribution in [3.8, 4) is 0 Å². The van der Waals surface area contributed by atoms with Crippen molar-refractivity contribution in [2.24, 2.45) is 5.92 Å². The Morgan fingerprint density at radius 3 is 2.78 bits per heavy atom. The first-order valence-corrected chi connectivity index (χ1v) is 9.72. The molecule has 0 aromatic carbocycles. The van der Waals surface area contributed by atoms with Gasteiger partial charge in [-0.25, -0.2) is 9.97 Å². The smallest absolute Gasteiger partial charge is 0.228 e. The van der Waals surface area contributed by atoms with Crippen LogP contribution >= 0.6 is 0 Å². The molecule has 2 aromatic heterocycles. The zero-order valence-corrected chi connectivity index (χ0v) is 16.5. The van der Waals surface area contributed by atoms with Gasteiger partial charge < -0.3 is 14.3 Å². The highest BCUT2D eigenvalue weighted by molar-refractivity contribution is 5.81. The summed E-state index contributed by atoms with van der Waals surface area (Å²) in [5.41, 5.74) is 3.05. The Morgan fingerprint density at radius 1 is 1.26 bits per heavy atom. The molecule has 7 heteroatoms. The van der Waals surface area contributed by atoms with Gasteiger partial charge in [0.15, 0.2) is 0 Å². The first-order chi connectivity index (χ1) is 13.0. The molecule has 3 aliphatic heterocycles. The van der Waals surface area contributed by atoms with Crippen LogP contribution in [0.3, 0.4) is 0 Å². The second-order valence-electron chi connectivity index (χ2n) is 8.06. The van der Waals surface area contributed by atoms with E-state index < -0.39 is 0 Å². The van der Waals surface area contributed by atoms with E-state index in [0.29, 0.717) is 12.5 Å². The number of aromatic nitrogens is 3. The molecule has 27 heavy (non-hydrogen) atoms. The average Bonchev–Trinajstić information content (AvgIpc) is 2.83. The van der Waals surface area contributed by atoms with E-state index in [9.17, 15) is 4.79 Å². The van der Waals surface area contributed by atoms with Crippen LogP contribution < -0.4 is 4.90 Å². The van der Waals surface area contributed by atoms with Crippen molar-refractivity contribution in [1.29, 1.82) is 0 Å². The van der Waals surface area contributed by atoms with Crippen molar-refractivity contribution in [3.05, 3.63) is 35.1 Å². The minimum absolute atomic E-state index is 0.0131. The van der Waals surface area contributed by atoms with E-state index in [1.54, 1.807) is 6.33 Å². The summed E-state index contributed by atoms with van der Waals surface area (Å²) in [4.78, 5) is 26.3. The summed E-state index contributed by atoms with van der Waals surface area (Å²) >= 11 is 0. The van der Waals surface area contributed by atoms with Crippen LogP contribution in [0.25, 0.3) is 0 Å². The highest BCUT2D eigenvalue weighted by atomic mass is 16.5. The van der Waals surface area contributed by atoms with Crippen LogP contribution in [-0.2, 0) is 11.3 Å². The molecule has 1 amide bonds. The van der Waals surface area contributed by atoms with Gasteiger partial charge in [-0.2, -0.15) is 0 Å². The van der Waals surface area contributed by atoms with Gasteiger partial charge in [0.1, 0.15) is 17.9 Å². The average molecular weight is 369 g/mol. The van der Waals surface area contributed by atoms with E-state index in [-0.39, 0.29) is 17.9 Å². The van der Waals surface area contributed by atoms with Crippen LogP contribution in [0.1, 0.15) is 55.2 Å². The third-order valence-corrected chi connectivity index (χ3v) is 5.94. The molecule has 0 saturated carbocycles. The fraction of sp³-hybridized carbons (Fsp3) is 0.600. The lowest BCUT2D eigenvalue weighted by molar-refractivity contribution is -0.140. The lowest BCUT2D eigenvalue weighted by Crippen LogP contribution is -2.47. The SMILES string of the molecule is Cc1noc(C)c1CN1C(=O)[C@H]2CC[C@@H]1CN(c1ncncc1C(C)C)C2. The maximum atomic E-state index is 13.2. The predicted octanol–water partition coefficient (Wildman–Crippen LogP) is 2.83. The molecule has 5 heterocycles. The number of carbonyl (C=O) groups excluding carboxylic acids is 1. The maximum absolute atomic E-state index is 13.2. The number of carbonyl (C=O) groups is 1. The molecule has 3 aliphatic rings. The monoisotopic (exact) mass is 369 g/mol. The molecule has 0 unspecified atom stereocenters. The normalized spacial score (nSPS) is 22.6. The van der Waals surface area contributed by atoms with Crippen molar-refractivity contribution in [2.75, 3.05) is 18.0 Å². The van der Waals surface area contributed by atoms with Crippen LogP contribution in [0.15, 0.2) is 17.0 Å². The number of piperidine rings is 1. The van der Waals surface area contributed by atoms with Gasteiger partial charge in [0, 0.05) is 36.5 Å². The molecule has 7 nitrogen and oxygen atoms in total. The summed E-state index contributed by atoms with van der Waals surface area (Å²) in [5.74, 6) is 2.38. The number of aryl methyl sites for hydroxylation is 2. The molecular weight excluding hydrogens is 342 g/mol. The summed E-state index contributed by atoms with van der Waals surface area (Å²) < 4.78 is 5.30. The molecule has 0 N–H and O–H groups in total. The second kappa shape index (κ2) is 6.94. The van der Waals surface area contributed by atoms with Gasteiger partial charge in [0.05, 0.1) is 18.2 Å². The number of hydrogen-bond donors (Lipinski definition) is 0. The van der Waals surface area contributed by atoms with Crippen LogP contribution in [0.4, 0.5) is 5.82 Å². The van der Waals surface area contributed by atoms with Crippen molar-refractivity contribution in [3.63, 3.8) is 0 Å². The van der Waals surface area contributed by atoms with Gasteiger partial charge in [0.2, 0.25) is 5.91 Å². The van der Waals surface area contributed by atoms with Gasteiger partial charge >= 0.3 is 0 Å². The van der Waals surface area contributed by atoms with Crippen molar-refractivity contribution in [1.82, 2.24) is 20.0 Å². The van der Waals surface area contributed by atoms with Gasteiger partial charge in [-0.3, -0.25) is 4.79 Å². The summed E-state index contributed by atoms with van der Waals surface area (Å²) in [6, 6.07) is 0.180. The zero-order valence-electron chi connectivity index (χ0n) is 16.5. The standard InChI is InChI=1S/C20H27N5O2/c1-12(2)17-7-21-11-22-19(17)24-8-15-5-6-16(9-24)25(20(15)26)10-18-13(3)23-27-14(18)4/h7,11-12,15-16H,5-6,8-10H2,1-4H3/t15-,16+/m0/s1. The van der Waals surface area contributed by atoms with E-state index in [0.717, 1.165) is 54.3 Å². The van der Waals surface area contributed by atoms with Crippen molar-refractivity contribution < 1.29 is 9.32 Å². The predicted molar refractivity (Wildman–Crippen MR) is 101 cm³/mol. The third-order valence-electron chi connectivity index (χ3n) is 5.94. The Labute approximate surface area is 159 Å². The molecule has 3 saturated heterocycles. The lowest BCUT2D eigenvalue weighted by atomic mass is 9.93. The van der Waals surface area contributed by atoms with Gasteiger partial charge in [-0.1, -0.05) is 19.0 Å². The Hall–Kier alpha value is -2.44. The second-order valence-corrected chi connectivity index (χ2v) is 8.06. The molecule has 2 atom stereocenters. The molecule has 0 spiro atoms. The molecule has 144 valence electrons. The highest BCUT2D eigenvalue weighted by Crippen LogP contribution is 2.34. The Kier molecular flexibility index (Phi) is 4.61. The van der Waals surface area contributed by atoms with Gasteiger partial charge in [0.25, 0.3) is 0 Å².